The monoisotopic (exact) mass is 355 g/mol. The summed E-state index contributed by atoms with van der Waals surface area (Å²) in [6, 6.07) is 14.1. The molecule has 1 N–H and O–H groups in total. The molecule has 2 aliphatic rings. The molecule has 0 aliphatic carbocycles. The van der Waals surface area contributed by atoms with Crippen molar-refractivity contribution in [2.24, 2.45) is 0 Å². The average Bonchev–Trinajstić information content (AvgIpc) is 2.82. The molecule has 2 aromatic carbocycles. The minimum atomic E-state index is -1.15. The van der Waals surface area contributed by atoms with Crippen molar-refractivity contribution in [3.05, 3.63) is 59.9 Å². The molecule has 0 bridgehead atoms. The summed E-state index contributed by atoms with van der Waals surface area (Å²) >= 11 is 0. The molecule has 4 rings (SSSR count). The molecule has 0 aromatic heterocycles. The predicted molar refractivity (Wildman–Crippen MR) is 99.2 cm³/mol. The molecule has 1 atom stereocenters. The average molecular weight is 355 g/mol. The first-order chi connectivity index (χ1) is 12.6. The molecule has 0 unspecified atom stereocenters. The number of methoxy groups -OCH3 is 1. The molecular weight excluding hydrogens is 331 g/mol. The van der Waals surface area contributed by atoms with Gasteiger partial charge in [-0.3, -0.25) is 0 Å². The Morgan fingerprint density at radius 3 is 2.46 bits per heavy atom. The zero-order chi connectivity index (χ0) is 18.1. The molecule has 0 amide bonds. The normalized spacial score (nSPS) is 23.0. The fourth-order valence-corrected chi connectivity index (χ4v) is 4.04. The second-order valence-corrected chi connectivity index (χ2v) is 6.99. The number of anilines is 1. The smallest absolute Gasteiger partial charge is 0.271 e. The van der Waals surface area contributed by atoms with Gasteiger partial charge in [0, 0.05) is 12.0 Å². The van der Waals surface area contributed by atoms with Crippen LogP contribution in [0.2, 0.25) is 0 Å². The van der Waals surface area contributed by atoms with Gasteiger partial charge in [-0.15, -0.1) is 0 Å². The third kappa shape index (κ3) is 2.86. The molecule has 2 aliphatic heterocycles. The summed E-state index contributed by atoms with van der Waals surface area (Å²) in [6.07, 6.45) is 4.23. The van der Waals surface area contributed by atoms with Gasteiger partial charge in [-0.05, 0) is 67.8 Å². The fourth-order valence-electron chi connectivity index (χ4n) is 4.04. The molecule has 5 heteroatoms. The van der Waals surface area contributed by atoms with E-state index in [1.54, 1.807) is 19.2 Å². The zero-order valence-corrected chi connectivity index (χ0v) is 15.0. The van der Waals surface area contributed by atoms with Crippen molar-refractivity contribution < 1.29 is 18.8 Å². The highest BCUT2D eigenvalue weighted by Crippen LogP contribution is 2.35. The molecule has 0 saturated carbocycles. The Morgan fingerprint density at radius 2 is 1.77 bits per heavy atom. The standard InChI is InChI=1S/C21H24FN2O2/c1-26-19-12-10-18(11-13-19)23-15-21(25,16-6-8-17(22)9-7-16)24-14-4-2-3-5-20(23)24/h6-13,25H,2-5,14-15H2,1H3/q+1/t21-/m1/s1. The van der Waals surface area contributed by atoms with Crippen molar-refractivity contribution in [3.63, 3.8) is 0 Å². The van der Waals surface area contributed by atoms with Gasteiger partial charge in [0.2, 0.25) is 0 Å². The first-order valence-corrected chi connectivity index (χ1v) is 9.15. The third-order valence-electron chi connectivity index (χ3n) is 5.42. The lowest BCUT2D eigenvalue weighted by Gasteiger charge is -2.23. The van der Waals surface area contributed by atoms with Crippen LogP contribution in [0.25, 0.3) is 0 Å². The number of rotatable bonds is 3. The maximum Gasteiger partial charge on any atom is 0.271 e. The lowest BCUT2D eigenvalue weighted by molar-refractivity contribution is -0.658. The van der Waals surface area contributed by atoms with Crippen LogP contribution in [0.5, 0.6) is 5.75 Å². The summed E-state index contributed by atoms with van der Waals surface area (Å²) in [4.78, 5) is 2.19. The van der Waals surface area contributed by atoms with Gasteiger partial charge in [-0.1, -0.05) is 0 Å². The van der Waals surface area contributed by atoms with Crippen LogP contribution >= 0.6 is 0 Å². The molecule has 2 aromatic rings. The Hall–Kier alpha value is -2.40. The number of β-amino-alcohol motifs (C(OH)–C–C–N with tert-alkyl or cyclic N) is 1. The lowest BCUT2D eigenvalue weighted by atomic mass is 10.0. The van der Waals surface area contributed by atoms with Gasteiger partial charge < -0.3 is 9.84 Å². The molecule has 4 nitrogen and oxygen atoms in total. The Bertz CT molecular complexity index is 817. The first-order valence-electron chi connectivity index (χ1n) is 9.15. The van der Waals surface area contributed by atoms with Crippen LogP contribution < -0.4 is 9.64 Å². The number of nitrogens with zero attached hydrogens (tertiary/aromatic N) is 2. The summed E-state index contributed by atoms with van der Waals surface area (Å²) in [5.74, 6) is 1.66. The minimum absolute atomic E-state index is 0.289. The SMILES string of the molecule is COc1ccc(N2C[C@@](O)(c3ccc(F)cc3)[N+]3=C2CCCCC3)cc1. The largest absolute Gasteiger partial charge is 0.497 e. The van der Waals surface area contributed by atoms with E-state index in [-0.39, 0.29) is 5.82 Å². The van der Waals surface area contributed by atoms with Crippen LogP contribution in [-0.4, -0.2) is 35.7 Å². The van der Waals surface area contributed by atoms with E-state index in [4.69, 9.17) is 4.74 Å². The quantitative estimate of drug-likeness (QED) is 0.856. The second-order valence-electron chi connectivity index (χ2n) is 6.99. The van der Waals surface area contributed by atoms with Gasteiger partial charge in [0.15, 0.2) is 6.54 Å². The number of hydrogen-bond donors (Lipinski definition) is 1. The predicted octanol–water partition coefficient (Wildman–Crippen LogP) is 3.48. The Morgan fingerprint density at radius 1 is 1.04 bits per heavy atom. The highest BCUT2D eigenvalue weighted by Gasteiger charge is 2.51. The molecule has 0 saturated heterocycles. The van der Waals surface area contributed by atoms with Crippen molar-refractivity contribution in [2.75, 3.05) is 25.1 Å². The van der Waals surface area contributed by atoms with Crippen LogP contribution in [0.15, 0.2) is 48.5 Å². The van der Waals surface area contributed by atoms with Gasteiger partial charge in [-0.25, -0.2) is 13.9 Å². The number of halogens is 1. The summed E-state index contributed by atoms with van der Waals surface area (Å²) in [5, 5.41) is 11.6. The van der Waals surface area contributed by atoms with Gasteiger partial charge in [0.25, 0.3) is 11.6 Å². The summed E-state index contributed by atoms with van der Waals surface area (Å²) < 4.78 is 20.8. The highest BCUT2D eigenvalue weighted by molar-refractivity contribution is 5.96. The van der Waals surface area contributed by atoms with E-state index in [0.29, 0.717) is 6.54 Å². The molecule has 136 valence electrons. The van der Waals surface area contributed by atoms with Gasteiger partial charge >= 0.3 is 0 Å². The van der Waals surface area contributed by atoms with Crippen LogP contribution in [0.3, 0.4) is 0 Å². The number of amidine groups is 1. The van der Waals surface area contributed by atoms with E-state index in [9.17, 15) is 9.50 Å². The van der Waals surface area contributed by atoms with Gasteiger partial charge in [0.05, 0.1) is 13.7 Å². The third-order valence-corrected chi connectivity index (χ3v) is 5.42. The number of aliphatic hydroxyl groups is 1. The zero-order valence-electron chi connectivity index (χ0n) is 15.0. The Balaban J connectivity index is 1.77. The lowest BCUT2D eigenvalue weighted by Crippen LogP contribution is -2.41. The summed E-state index contributed by atoms with van der Waals surface area (Å²) in [6.45, 7) is 1.23. The van der Waals surface area contributed by atoms with Crippen LogP contribution in [-0.2, 0) is 5.72 Å². The first kappa shape index (κ1) is 17.0. The van der Waals surface area contributed by atoms with E-state index >= 15 is 0 Å². The molecule has 0 radical (unpaired) electrons. The maximum absolute atomic E-state index is 13.4. The second kappa shape index (κ2) is 6.72. The molecule has 0 spiro atoms. The van der Waals surface area contributed by atoms with E-state index in [1.165, 1.54) is 12.1 Å². The van der Waals surface area contributed by atoms with Crippen LogP contribution in [0, 0.1) is 5.82 Å². The van der Waals surface area contributed by atoms with Gasteiger partial charge in [0.1, 0.15) is 17.3 Å². The van der Waals surface area contributed by atoms with E-state index in [2.05, 4.69) is 9.48 Å². The van der Waals surface area contributed by atoms with E-state index in [0.717, 1.165) is 55.1 Å². The number of ether oxygens (including phenoxy) is 1. The van der Waals surface area contributed by atoms with Crippen molar-refractivity contribution in [1.29, 1.82) is 0 Å². The Kier molecular flexibility index (Phi) is 4.41. The number of benzene rings is 2. The minimum Gasteiger partial charge on any atom is -0.497 e. The molecule has 26 heavy (non-hydrogen) atoms. The molecule has 2 heterocycles. The summed E-state index contributed by atoms with van der Waals surface area (Å²) in [7, 11) is 1.65. The molecular formula is C21H24FN2O2+. The topological polar surface area (TPSA) is 35.7 Å². The van der Waals surface area contributed by atoms with Crippen molar-refractivity contribution in [1.82, 2.24) is 0 Å². The van der Waals surface area contributed by atoms with Crippen molar-refractivity contribution >= 4 is 11.5 Å². The Labute approximate surface area is 153 Å². The fraction of sp³-hybridized carbons (Fsp3) is 0.381. The van der Waals surface area contributed by atoms with E-state index < -0.39 is 5.72 Å². The maximum atomic E-state index is 13.4. The van der Waals surface area contributed by atoms with Crippen LogP contribution in [0.1, 0.15) is 31.2 Å². The van der Waals surface area contributed by atoms with E-state index in [1.807, 2.05) is 24.3 Å². The number of hydrogen-bond acceptors (Lipinski definition) is 3. The van der Waals surface area contributed by atoms with Crippen LogP contribution in [0.4, 0.5) is 10.1 Å². The van der Waals surface area contributed by atoms with Crippen molar-refractivity contribution in [2.45, 2.75) is 31.4 Å². The highest BCUT2D eigenvalue weighted by atomic mass is 19.1. The van der Waals surface area contributed by atoms with Crippen molar-refractivity contribution in [3.8, 4) is 5.75 Å². The molecule has 0 fully saturated rings. The summed E-state index contributed by atoms with van der Waals surface area (Å²) in [5.41, 5.74) is 0.618. The van der Waals surface area contributed by atoms with Gasteiger partial charge in [-0.2, -0.15) is 0 Å².